The van der Waals surface area contributed by atoms with Crippen molar-refractivity contribution in [3.63, 3.8) is 0 Å². The SMILES string of the molecule is CCNCC1(CN(CCOC)C(C)COC)CCOC1. The van der Waals surface area contributed by atoms with Crippen LogP contribution in [0.2, 0.25) is 0 Å². The van der Waals surface area contributed by atoms with E-state index in [-0.39, 0.29) is 5.41 Å². The highest BCUT2D eigenvalue weighted by Gasteiger charge is 2.37. The summed E-state index contributed by atoms with van der Waals surface area (Å²) in [5.41, 5.74) is 0.228. The maximum absolute atomic E-state index is 5.67. The maximum atomic E-state index is 5.67. The highest BCUT2D eigenvalue weighted by molar-refractivity contribution is 4.89. The Balaban J connectivity index is 2.62. The summed E-state index contributed by atoms with van der Waals surface area (Å²) in [6.07, 6.45) is 1.13. The van der Waals surface area contributed by atoms with E-state index in [1.807, 2.05) is 0 Å². The molecule has 0 aromatic carbocycles. The van der Waals surface area contributed by atoms with Crippen LogP contribution < -0.4 is 5.32 Å². The number of rotatable bonds is 11. The molecule has 0 amide bonds. The Hall–Kier alpha value is -0.200. The van der Waals surface area contributed by atoms with Gasteiger partial charge in [0.25, 0.3) is 0 Å². The molecule has 2 atom stereocenters. The lowest BCUT2D eigenvalue weighted by Crippen LogP contribution is -2.49. The smallest absolute Gasteiger partial charge is 0.0615 e. The minimum atomic E-state index is 0.228. The van der Waals surface area contributed by atoms with Gasteiger partial charge >= 0.3 is 0 Å². The summed E-state index contributed by atoms with van der Waals surface area (Å²) >= 11 is 0. The fourth-order valence-corrected chi connectivity index (χ4v) is 2.80. The van der Waals surface area contributed by atoms with Crippen molar-refractivity contribution in [2.45, 2.75) is 26.3 Å². The van der Waals surface area contributed by atoms with Crippen LogP contribution in [-0.4, -0.2) is 77.8 Å². The van der Waals surface area contributed by atoms with Crippen molar-refractivity contribution in [1.29, 1.82) is 0 Å². The molecule has 0 saturated carbocycles. The van der Waals surface area contributed by atoms with Gasteiger partial charge in [-0.15, -0.1) is 0 Å². The molecule has 5 nitrogen and oxygen atoms in total. The number of hydrogen-bond donors (Lipinski definition) is 1. The molecule has 1 heterocycles. The normalized spacial score (nSPS) is 24.4. The van der Waals surface area contributed by atoms with E-state index in [0.29, 0.717) is 6.04 Å². The van der Waals surface area contributed by atoms with Crippen LogP contribution in [-0.2, 0) is 14.2 Å². The molecular weight excluding hydrogens is 256 g/mol. The quantitative estimate of drug-likeness (QED) is 0.614. The van der Waals surface area contributed by atoms with E-state index < -0.39 is 0 Å². The average Bonchev–Trinajstić information content (AvgIpc) is 2.90. The van der Waals surface area contributed by atoms with E-state index in [9.17, 15) is 0 Å². The van der Waals surface area contributed by atoms with Gasteiger partial charge in [0.15, 0.2) is 0 Å². The second-order valence-corrected chi connectivity index (χ2v) is 5.85. The lowest BCUT2D eigenvalue weighted by atomic mass is 9.86. The van der Waals surface area contributed by atoms with Gasteiger partial charge in [-0.1, -0.05) is 6.92 Å². The molecule has 1 aliphatic rings. The first kappa shape index (κ1) is 17.9. The number of ether oxygens (including phenoxy) is 3. The maximum Gasteiger partial charge on any atom is 0.0615 e. The number of nitrogens with zero attached hydrogens (tertiary/aromatic N) is 1. The highest BCUT2D eigenvalue weighted by atomic mass is 16.5. The van der Waals surface area contributed by atoms with Crippen molar-refractivity contribution in [2.24, 2.45) is 5.41 Å². The van der Waals surface area contributed by atoms with Crippen LogP contribution in [0, 0.1) is 5.41 Å². The van der Waals surface area contributed by atoms with Crippen molar-refractivity contribution >= 4 is 0 Å². The van der Waals surface area contributed by atoms with Crippen LogP contribution in [0.25, 0.3) is 0 Å². The molecular formula is C15H32N2O3. The first-order valence-corrected chi connectivity index (χ1v) is 7.68. The summed E-state index contributed by atoms with van der Waals surface area (Å²) in [7, 11) is 3.52. The number of nitrogens with one attached hydrogen (secondary N) is 1. The summed E-state index contributed by atoms with van der Waals surface area (Å²) in [6.45, 7) is 11.6. The molecule has 20 heavy (non-hydrogen) atoms. The lowest BCUT2D eigenvalue weighted by molar-refractivity contribution is 0.0374. The third-order valence-corrected chi connectivity index (χ3v) is 4.09. The Morgan fingerprint density at radius 3 is 2.70 bits per heavy atom. The first-order chi connectivity index (χ1) is 9.67. The molecule has 2 unspecified atom stereocenters. The molecule has 0 aliphatic carbocycles. The predicted molar refractivity (Wildman–Crippen MR) is 81.2 cm³/mol. The van der Waals surface area contributed by atoms with Crippen LogP contribution in [0.1, 0.15) is 20.3 Å². The molecule has 120 valence electrons. The van der Waals surface area contributed by atoms with E-state index >= 15 is 0 Å². The van der Waals surface area contributed by atoms with Crippen molar-refractivity contribution in [3.8, 4) is 0 Å². The summed E-state index contributed by atoms with van der Waals surface area (Å²) < 4.78 is 16.2. The van der Waals surface area contributed by atoms with Crippen LogP contribution in [0.5, 0.6) is 0 Å². The molecule has 0 aromatic heterocycles. The van der Waals surface area contributed by atoms with Crippen molar-refractivity contribution in [1.82, 2.24) is 10.2 Å². The molecule has 0 radical (unpaired) electrons. The molecule has 1 fully saturated rings. The van der Waals surface area contributed by atoms with Crippen LogP contribution in [0.4, 0.5) is 0 Å². The van der Waals surface area contributed by atoms with Gasteiger partial charge in [-0.3, -0.25) is 4.90 Å². The Labute approximate surface area is 123 Å². The number of hydrogen-bond acceptors (Lipinski definition) is 5. The van der Waals surface area contributed by atoms with E-state index in [4.69, 9.17) is 14.2 Å². The molecule has 1 N–H and O–H groups in total. The Bertz CT molecular complexity index is 245. The van der Waals surface area contributed by atoms with Gasteiger partial charge in [-0.2, -0.15) is 0 Å². The Morgan fingerprint density at radius 2 is 2.15 bits per heavy atom. The lowest BCUT2D eigenvalue weighted by Gasteiger charge is -2.37. The minimum Gasteiger partial charge on any atom is -0.383 e. The monoisotopic (exact) mass is 288 g/mol. The summed E-state index contributed by atoms with van der Waals surface area (Å²) in [4.78, 5) is 2.47. The largest absolute Gasteiger partial charge is 0.383 e. The fourth-order valence-electron chi connectivity index (χ4n) is 2.80. The Kier molecular flexibility index (Phi) is 8.64. The zero-order valence-electron chi connectivity index (χ0n) is 13.6. The van der Waals surface area contributed by atoms with E-state index in [0.717, 1.165) is 59.0 Å². The zero-order chi connectivity index (χ0) is 14.8. The van der Waals surface area contributed by atoms with Gasteiger partial charge < -0.3 is 19.5 Å². The van der Waals surface area contributed by atoms with Crippen LogP contribution >= 0.6 is 0 Å². The topological polar surface area (TPSA) is 43.0 Å². The molecule has 1 aliphatic heterocycles. The second kappa shape index (κ2) is 9.68. The standard InChI is InChI=1S/C15H32N2O3/c1-5-16-11-15(6-8-20-13-15)12-17(7-9-18-3)14(2)10-19-4/h14,16H,5-13H2,1-4H3. The second-order valence-electron chi connectivity index (χ2n) is 5.85. The molecule has 5 heteroatoms. The van der Waals surface area contributed by atoms with Crippen molar-refractivity contribution in [3.05, 3.63) is 0 Å². The van der Waals surface area contributed by atoms with Crippen molar-refractivity contribution < 1.29 is 14.2 Å². The fraction of sp³-hybridized carbons (Fsp3) is 1.00. The molecule has 0 spiro atoms. The van der Waals surface area contributed by atoms with Gasteiger partial charge in [0.1, 0.15) is 0 Å². The third-order valence-electron chi connectivity index (χ3n) is 4.09. The molecule has 0 aromatic rings. The Morgan fingerprint density at radius 1 is 1.35 bits per heavy atom. The first-order valence-electron chi connectivity index (χ1n) is 7.68. The van der Waals surface area contributed by atoms with Crippen LogP contribution in [0.15, 0.2) is 0 Å². The van der Waals surface area contributed by atoms with Gasteiger partial charge in [0.2, 0.25) is 0 Å². The average molecular weight is 288 g/mol. The van der Waals surface area contributed by atoms with Crippen molar-refractivity contribution in [2.75, 3.05) is 66.8 Å². The van der Waals surface area contributed by atoms with E-state index in [1.165, 1.54) is 0 Å². The summed E-state index contributed by atoms with van der Waals surface area (Å²) in [5.74, 6) is 0. The van der Waals surface area contributed by atoms with Crippen LogP contribution in [0.3, 0.4) is 0 Å². The predicted octanol–water partition coefficient (Wildman–Crippen LogP) is 0.986. The summed E-state index contributed by atoms with van der Waals surface area (Å²) in [5, 5.41) is 3.49. The molecule has 0 bridgehead atoms. The highest BCUT2D eigenvalue weighted by Crippen LogP contribution is 2.29. The molecule has 1 saturated heterocycles. The minimum absolute atomic E-state index is 0.228. The van der Waals surface area contributed by atoms with E-state index in [2.05, 4.69) is 24.1 Å². The van der Waals surface area contributed by atoms with Gasteiger partial charge in [-0.25, -0.2) is 0 Å². The van der Waals surface area contributed by atoms with Gasteiger partial charge in [0, 0.05) is 51.9 Å². The zero-order valence-corrected chi connectivity index (χ0v) is 13.6. The summed E-state index contributed by atoms with van der Waals surface area (Å²) in [6, 6.07) is 0.397. The third kappa shape index (κ3) is 5.66. The van der Waals surface area contributed by atoms with Gasteiger partial charge in [0.05, 0.1) is 19.8 Å². The molecule has 1 rings (SSSR count). The van der Waals surface area contributed by atoms with Gasteiger partial charge in [-0.05, 0) is 19.9 Å². The number of methoxy groups -OCH3 is 2. The van der Waals surface area contributed by atoms with E-state index in [1.54, 1.807) is 14.2 Å².